The molecule has 0 aliphatic carbocycles. The Bertz CT molecular complexity index is 674. The van der Waals surface area contributed by atoms with Gasteiger partial charge in [-0.05, 0) is 43.6 Å². The second-order valence-electron chi connectivity index (χ2n) is 8.74. The maximum Gasteiger partial charge on any atom is 0.245 e. The molecule has 3 fully saturated rings. The second kappa shape index (κ2) is 8.04. The van der Waals surface area contributed by atoms with Crippen LogP contribution in [0.3, 0.4) is 0 Å². The zero-order valence-corrected chi connectivity index (χ0v) is 16.5. The highest BCUT2D eigenvalue weighted by Crippen LogP contribution is 2.35. The summed E-state index contributed by atoms with van der Waals surface area (Å²) in [7, 11) is 0. The van der Waals surface area contributed by atoms with Gasteiger partial charge >= 0.3 is 0 Å². The first-order valence-corrected chi connectivity index (χ1v) is 10.8. The van der Waals surface area contributed by atoms with Crippen molar-refractivity contribution in [1.82, 2.24) is 9.80 Å². The Hall–Kier alpha value is -1.84. The molecule has 1 aromatic rings. The van der Waals surface area contributed by atoms with E-state index in [1.807, 2.05) is 15.9 Å². The molecule has 0 spiro atoms. The van der Waals surface area contributed by atoms with E-state index in [0.29, 0.717) is 18.3 Å². The number of amides is 2. The van der Waals surface area contributed by atoms with Gasteiger partial charge in [-0.3, -0.25) is 9.59 Å². The van der Waals surface area contributed by atoms with E-state index in [1.54, 1.807) is 0 Å². The van der Waals surface area contributed by atoms with E-state index >= 15 is 0 Å². The zero-order chi connectivity index (χ0) is 18.8. The first kappa shape index (κ1) is 18.5. The predicted molar refractivity (Wildman–Crippen MR) is 106 cm³/mol. The largest absolute Gasteiger partial charge is 0.340 e. The number of hydrogen-bond acceptors (Lipinski definition) is 2. The van der Waals surface area contributed by atoms with Gasteiger partial charge in [0.15, 0.2) is 0 Å². The van der Waals surface area contributed by atoms with Crippen molar-refractivity contribution in [3.05, 3.63) is 35.9 Å². The van der Waals surface area contributed by atoms with Crippen LogP contribution >= 0.6 is 0 Å². The molecular formula is C23H32N2O2. The van der Waals surface area contributed by atoms with E-state index in [1.165, 1.54) is 12.0 Å². The Kier molecular flexibility index (Phi) is 5.51. The number of hydrogen-bond donors (Lipinski definition) is 0. The van der Waals surface area contributed by atoms with Crippen LogP contribution in [0.25, 0.3) is 0 Å². The summed E-state index contributed by atoms with van der Waals surface area (Å²) in [5.74, 6) is 1.26. The average molecular weight is 369 g/mol. The van der Waals surface area contributed by atoms with Gasteiger partial charge in [0.05, 0.1) is 0 Å². The quantitative estimate of drug-likeness (QED) is 0.793. The minimum Gasteiger partial charge on any atom is -0.340 e. The van der Waals surface area contributed by atoms with E-state index in [2.05, 4.69) is 31.2 Å². The van der Waals surface area contributed by atoms with E-state index in [-0.39, 0.29) is 23.9 Å². The molecule has 3 aliphatic rings. The molecular weight excluding hydrogens is 336 g/mol. The Morgan fingerprint density at radius 2 is 1.74 bits per heavy atom. The minimum absolute atomic E-state index is 0.193. The molecule has 3 heterocycles. The smallest absolute Gasteiger partial charge is 0.245 e. The number of carbonyl (C=O) groups excluding carboxylic acids is 2. The van der Waals surface area contributed by atoms with Crippen LogP contribution in [0.5, 0.6) is 0 Å². The van der Waals surface area contributed by atoms with E-state index in [4.69, 9.17) is 0 Å². The molecule has 0 N–H and O–H groups in total. The molecule has 0 saturated carbocycles. The lowest BCUT2D eigenvalue weighted by Crippen LogP contribution is -2.57. The van der Waals surface area contributed by atoms with Gasteiger partial charge in [0.2, 0.25) is 11.8 Å². The Labute approximate surface area is 162 Å². The van der Waals surface area contributed by atoms with E-state index in [0.717, 1.165) is 51.6 Å². The van der Waals surface area contributed by atoms with Crippen LogP contribution in [-0.2, 0) is 9.59 Å². The summed E-state index contributed by atoms with van der Waals surface area (Å²) in [6.45, 7) is 3.84. The molecule has 27 heavy (non-hydrogen) atoms. The predicted octanol–water partition coefficient (Wildman–Crippen LogP) is 3.96. The van der Waals surface area contributed by atoms with Crippen molar-refractivity contribution in [2.75, 3.05) is 13.1 Å². The summed E-state index contributed by atoms with van der Waals surface area (Å²) in [5.41, 5.74) is 1.32. The van der Waals surface area contributed by atoms with Crippen molar-refractivity contribution in [3.8, 4) is 0 Å². The standard InChI is InChI=1S/C23H32N2O2/c1-17-15-24(16-20(17)18-9-4-2-5-10-18)23(27)21-13-8-12-19-11-6-3-7-14-22(26)25(19)21/h2,4-5,9-10,17,19-21H,3,6-8,11-16H2,1H3/t17-,19?,20?,21-/m0/s1. The fourth-order valence-corrected chi connectivity index (χ4v) is 5.44. The number of piperidine rings is 1. The topological polar surface area (TPSA) is 40.6 Å². The highest BCUT2D eigenvalue weighted by molar-refractivity contribution is 5.88. The third-order valence-corrected chi connectivity index (χ3v) is 6.90. The number of carbonyl (C=O) groups is 2. The first-order chi connectivity index (χ1) is 13.1. The average Bonchev–Trinajstić information content (AvgIpc) is 3.07. The van der Waals surface area contributed by atoms with Crippen LogP contribution in [0, 0.1) is 5.92 Å². The second-order valence-corrected chi connectivity index (χ2v) is 8.74. The fourth-order valence-electron chi connectivity index (χ4n) is 5.44. The molecule has 4 atom stereocenters. The van der Waals surface area contributed by atoms with Crippen molar-refractivity contribution < 1.29 is 9.59 Å². The summed E-state index contributed by atoms with van der Waals surface area (Å²) < 4.78 is 0. The molecule has 4 nitrogen and oxygen atoms in total. The van der Waals surface area contributed by atoms with Crippen molar-refractivity contribution >= 4 is 11.8 Å². The van der Waals surface area contributed by atoms with Gasteiger partial charge in [-0.1, -0.05) is 50.1 Å². The van der Waals surface area contributed by atoms with Gasteiger partial charge in [-0.25, -0.2) is 0 Å². The molecule has 2 unspecified atom stereocenters. The molecule has 2 amide bonds. The molecule has 3 saturated heterocycles. The lowest BCUT2D eigenvalue weighted by Gasteiger charge is -2.43. The molecule has 0 radical (unpaired) electrons. The SMILES string of the molecule is C[C@H]1CN(C(=O)[C@@H]2CCCC3CCCCCC(=O)N32)CC1c1ccccc1. The van der Waals surface area contributed by atoms with Gasteiger partial charge in [-0.2, -0.15) is 0 Å². The van der Waals surface area contributed by atoms with Crippen molar-refractivity contribution in [2.45, 2.75) is 76.3 Å². The molecule has 0 bridgehead atoms. The number of nitrogens with zero attached hydrogens (tertiary/aromatic N) is 2. The molecule has 0 aromatic heterocycles. The van der Waals surface area contributed by atoms with Crippen molar-refractivity contribution in [3.63, 3.8) is 0 Å². The lowest BCUT2D eigenvalue weighted by atomic mass is 9.89. The van der Waals surface area contributed by atoms with Gasteiger partial charge in [0, 0.05) is 31.5 Å². The van der Waals surface area contributed by atoms with E-state index < -0.39 is 0 Å². The zero-order valence-electron chi connectivity index (χ0n) is 16.5. The van der Waals surface area contributed by atoms with Crippen LogP contribution in [0.1, 0.15) is 69.8 Å². The monoisotopic (exact) mass is 368 g/mol. The van der Waals surface area contributed by atoms with E-state index in [9.17, 15) is 9.59 Å². The molecule has 3 aliphatic heterocycles. The van der Waals surface area contributed by atoms with Gasteiger partial charge in [0.25, 0.3) is 0 Å². The van der Waals surface area contributed by atoms with Crippen LogP contribution < -0.4 is 0 Å². The minimum atomic E-state index is -0.226. The summed E-state index contributed by atoms with van der Waals surface area (Å²) in [6, 6.07) is 10.6. The summed E-state index contributed by atoms with van der Waals surface area (Å²) in [5, 5.41) is 0. The maximum absolute atomic E-state index is 13.5. The van der Waals surface area contributed by atoms with Gasteiger partial charge in [-0.15, -0.1) is 0 Å². The molecule has 1 aromatic carbocycles. The summed E-state index contributed by atoms with van der Waals surface area (Å²) in [6.07, 6.45) is 7.96. The maximum atomic E-state index is 13.5. The molecule has 146 valence electrons. The van der Waals surface area contributed by atoms with Gasteiger partial charge < -0.3 is 9.80 Å². The summed E-state index contributed by atoms with van der Waals surface area (Å²) >= 11 is 0. The number of fused-ring (bicyclic) bond motifs is 1. The van der Waals surface area contributed by atoms with Crippen LogP contribution in [0.4, 0.5) is 0 Å². The molecule has 4 rings (SSSR count). The van der Waals surface area contributed by atoms with Crippen molar-refractivity contribution in [2.24, 2.45) is 5.92 Å². The Balaban J connectivity index is 1.50. The Morgan fingerprint density at radius 3 is 2.56 bits per heavy atom. The number of rotatable bonds is 2. The molecule has 4 heteroatoms. The van der Waals surface area contributed by atoms with Crippen molar-refractivity contribution in [1.29, 1.82) is 0 Å². The number of likely N-dealkylation sites (tertiary alicyclic amines) is 1. The first-order valence-electron chi connectivity index (χ1n) is 10.8. The third-order valence-electron chi connectivity index (χ3n) is 6.90. The third kappa shape index (κ3) is 3.76. The highest BCUT2D eigenvalue weighted by Gasteiger charge is 2.42. The van der Waals surface area contributed by atoms with Crippen LogP contribution in [-0.4, -0.2) is 46.8 Å². The summed E-state index contributed by atoms with van der Waals surface area (Å²) in [4.78, 5) is 30.3. The lowest BCUT2D eigenvalue weighted by molar-refractivity contribution is -0.151. The normalized spacial score (nSPS) is 32.0. The van der Waals surface area contributed by atoms with Crippen LogP contribution in [0.2, 0.25) is 0 Å². The Morgan fingerprint density at radius 1 is 0.963 bits per heavy atom. The number of benzene rings is 1. The van der Waals surface area contributed by atoms with Crippen LogP contribution in [0.15, 0.2) is 30.3 Å². The fraction of sp³-hybridized carbons (Fsp3) is 0.652. The highest BCUT2D eigenvalue weighted by atomic mass is 16.2. The van der Waals surface area contributed by atoms with Gasteiger partial charge in [0.1, 0.15) is 6.04 Å².